The molecule has 3 rings (SSSR count). The SMILES string of the molecule is Cl.Nc1ncc(CNCC2CCN(Cc3ccccc3)CC2)s1. The number of benzene rings is 1. The van der Waals surface area contributed by atoms with Crippen molar-refractivity contribution in [2.75, 3.05) is 25.4 Å². The Balaban J connectivity index is 0.00000192. The van der Waals surface area contributed by atoms with Gasteiger partial charge in [0.1, 0.15) is 0 Å². The van der Waals surface area contributed by atoms with Crippen molar-refractivity contribution in [1.82, 2.24) is 15.2 Å². The van der Waals surface area contributed by atoms with Crippen molar-refractivity contribution in [1.29, 1.82) is 0 Å². The summed E-state index contributed by atoms with van der Waals surface area (Å²) in [5.74, 6) is 0.789. The summed E-state index contributed by atoms with van der Waals surface area (Å²) in [5, 5.41) is 4.20. The van der Waals surface area contributed by atoms with Crippen LogP contribution >= 0.6 is 23.7 Å². The van der Waals surface area contributed by atoms with E-state index in [1.165, 1.54) is 36.4 Å². The summed E-state index contributed by atoms with van der Waals surface area (Å²) in [6, 6.07) is 10.8. The van der Waals surface area contributed by atoms with Crippen LogP contribution < -0.4 is 11.1 Å². The number of rotatable bonds is 6. The van der Waals surface area contributed by atoms with E-state index >= 15 is 0 Å². The van der Waals surface area contributed by atoms with Crippen LogP contribution in [0.4, 0.5) is 5.13 Å². The van der Waals surface area contributed by atoms with Gasteiger partial charge in [-0.3, -0.25) is 4.90 Å². The highest BCUT2D eigenvalue weighted by Gasteiger charge is 2.18. The Morgan fingerprint density at radius 1 is 1.22 bits per heavy atom. The topological polar surface area (TPSA) is 54.2 Å². The van der Waals surface area contributed by atoms with E-state index in [1.54, 1.807) is 11.3 Å². The summed E-state index contributed by atoms with van der Waals surface area (Å²) in [6.07, 6.45) is 4.44. The monoisotopic (exact) mass is 352 g/mol. The maximum absolute atomic E-state index is 5.65. The quantitative estimate of drug-likeness (QED) is 0.838. The highest BCUT2D eigenvalue weighted by atomic mass is 35.5. The molecule has 0 atom stereocenters. The first-order valence-corrected chi connectivity index (χ1v) is 8.78. The first-order chi connectivity index (χ1) is 10.8. The Kier molecular flexibility index (Phi) is 7.30. The Hall–Kier alpha value is -1.14. The highest BCUT2D eigenvalue weighted by Crippen LogP contribution is 2.19. The van der Waals surface area contributed by atoms with E-state index in [2.05, 4.69) is 45.5 Å². The molecule has 126 valence electrons. The second-order valence-corrected chi connectivity index (χ2v) is 7.15. The predicted octanol–water partition coefficient (Wildman–Crippen LogP) is 3.15. The zero-order valence-electron chi connectivity index (χ0n) is 13.3. The lowest BCUT2D eigenvalue weighted by molar-refractivity contribution is 0.175. The molecule has 0 saturated carbocycles. The highest BCUT2D eigenvalue weighted by molar-refractivity contribution is 7.15. The Morgan fingerprint density at radius 3 is 2.61 bits per heavy atom. The van der Waals surface area contributed by atoms with Crippen LogP contribution in [0.3, 0.4) is 0 Å². The van der Waals surface area contributed by atoms with Gasteiger partial charge in [0.25, 0.3) is 0 Å². The molecule has 23 heavy (non-hydrogen) atoms. The molecule has 1 aliphatic rings. The van der Waals surface area contributed by atoms with Gasteiger partial charge in [-0.15, -0.1) is 23.7 Å². The maximum atomic E-state index is 5.65. The number of aromatic nitrogens is 1. The molecular weight excluding hydrogens is 328 g/mol. The lowest BCUT2D eigenvalue weighted by atomic mass is 9.96. The average Bonchev–Trinajstić information content (AvgIpc) is 2.96. The fourth-order valence-electron chi connectivity index (χ4n) is 2.99. The summed E-state index contributed by atoms with van der Waals surface area (Å²) in [7, 11) is 0. The van der Waals surface area contributed by atoms with Crippen molar-refractivity contribution in [2.24, 2.45) is 5.92 Å². The summed E-state index contributed by atoms with van der Waals surface area (Å²) >= 11 is 1.57. The fraction of sp³-hybridized carbons (Fsp3) is 0.471. The van der Waals surface area contributed by atoms with Gasteiger partial charge in [-0.25, -0.2) is 4.98 Å². The number of hydrogen-bond acceptors (Lipinski definition) is 5. The van der Waals surface area contributed by atoms with Crippen LogP contribution in [0.1, 0.15) is 23.3 Å². The van der Waals surface area contributed by atoms with Crippen molar-refractivity contribution in [3.63, 3.8) is 0 Å². The van der Waals surface area contributed by atoms with Gasteiger partial charge in [0.05, 0.1) is 0 Å². The Morgan fingerprint density at radius 2 is 1.96 bits per heavy atom. The van der Waals surface area contributed by atoms with Crippen molar-refractivity contribution < 1.29 is 0 Å². The van der Waals surface area contributed by atoms with Crippen molar-refractivity contribution in [3.05, 3.63) is 47.0 Å². The normalized spacial score (nSPS) is 16.2. The molecule has 6 heteroatoms. The van der Waals surface area contributed by atoms with E-state index in [1.807, 2.05) is 6.20 Å². The van der Waals surface area contributed by atoms with Crippen molar-refractivity contribution in [3.8, 4) is 0 Å². The van der Waals surface area contributed by atoms with Crippen molar-refractivity contribution in [2.45, 2.75) is 25.9 Å². The number of thiazole rings is 1. The van der Waals surface area contributed by atoms with Crippen LogP contribution in [0.15, 0.2) is 36.5 Å². The van der Waals surface area contributed by atoms with E-state index in [-0.39, 0.29) is 12.4 Å². The number of nitrogens with two attached hydrogens (primary N) is 1. The maximum Gasteiger partial charge on any atom is 0.180 e. The zero-order valence-corrected chi connectivity index (χ0v) is 14.9. The number of anilines is 1. The minimum Gasteiger partial charge on any atom is -0.375 e. The minimum atomic E-state index is 0. The van der Waals surface area contributed by atoms with Gasteiger partial charge < -0.3 is 11.1 Å². The molecule has 0 radical (unpaired) electrons. The zero-order chi connectivity index (χ0) is 15.2. The van der Waals surface area contributed by atoms with Crippen molar-refractivity contribution >= 4 is 28.9 Å². The molecule has 0 spiro atoms. The molecule has 0 aliphatic carbocycles. The number of nitrogens with one attached hydrogen (secondary N) is 1. The molecule has 4 nitrogen and oxygen atoms in total. The number of nitrogen functional groups attached to an aromatic ring is 1. The summed E-state index contributed by atoms with van der Waals surface area (Å²) in [4.78, 5) is 7.87. The first kappa shape index (κ1) is 18.2. The van der Waals surface area contributed by atoms with Gasteiger partial charge >= 0.3 is 0 Å². The van der Waals surface area contributed by atoms with Gasteiger partial charge in [-0.05, 0) is 44.0 Å². The molecule has 0 unspecified atom stereocenters. The number of likely N-dealkylation sites (tertiary alicyclic amines) is 1. The van der Waals surface area contributed by atoms with E-state index in [0.29, 0.717) is 5.13 Å². The third kappa shape index (κ3) is 5.77. The van der Waals surface area contributed by atoms with Crippen LogP contribution in [-0.2, 0) is 13.1 Å². The fourth-order valence-corrected chi connectivity index (χ4v) is 3.65. The standard InChI is InChI=1S/C17H24N4S.ClH/c18-17-20-12-16(22-17)11-19-10-14-6-8-21(9-7-14)13-15-4-2-1-3-5-15;/h1-5,12,14,19H,6-11,13H2,(H2,18,20);1H. The largest absolute Gasteiger partial charge is 0.375 e. The van der Waals surface area contributed by atoms with Gasteiger partial charge in [-0.1, -0.05) is 30.3 Å². The van der Waals surface area contributed by atoms with Crippen LogP contribution in [0.2, 0.25) is 0 Å². The predicted molar refractivity (Wildman–Crippen MR) is 99.9 cm³/mol. The first-order valence-electron chi connectivity index (χ1n) is 7.97. The van der Waals surface area contributed by atoms with Crippen LogP contribution in [0.5, 0.6) is 0 Å². The van der Waals surface area contributed by atoms with Gasteiger partial charge in [0.15, 0.2) is 5.13 Å². The van der Waals surface area contributed by atoms with Gasteiger partial charge in [-0.2, -0.15) is 0 Å². The summed E-state index contributed by atoms with van der Waals surface area (Å²) < 4.78 is 0. The molecule has 2 aromatic rings. The molecule has 0 bridgehead atoms. The van der Waals surface area contributed by atoms with E-state index in [9.17, 15) is 0 Å². The van der Waals surface area contributed by atoms with E-state index < -0.39 is 0 Å². The number of piperidine rings is 1. The molecule has 2 heterocycles. The Bertz CT molecular complexity index is 567. The van der Waals surface area contributed by atoms with Crippen LogP contribution in [-0.4, -0.2) is 29.5 Å². The van der Waals surface area contributed by atoms with Gasteiger partial charge in [0, 0.05) is 24.2 Å². The van der Waals surface area contributed by atoms with E-state index in [4.69, 9.17) is 5.73 Å². The Labute approximate surface area is 148 Å². The summed E-state index contributed by atoms with van der Waals surface area (Å²) in [5.41, 5.74) is 7.06. The number of nitrogens with zero attached hydrogens (tertiary/aromatic N) is 2. The van der Waals surface area contributed by atoms with Crippen LogP contribution in [0, 0.1) is 5.92 Å². The lowest BCUT2D eigenvalue weighted by Gasteiger charge is -2.32. The molecule has 3 N–H and O–H groups in total. The second-order valence-electron chi connectivity index (χ2n) is 6.00. The second kappa shape index (κ2) is 9.23. The third-order valence-electron chi connectivity index (χ3n) is 4.26. The number of halogens is 1. The smallest absolute Gasteiger partial charge is 0.180 e. The number of hydrogen-bond donors (Lipinski definition) is 2. The molecular formula is C17H25ClN4S. The molecule has 1 fully saturated rings. The average molecular weight is 353 g/mol. The van der Waals surface area contributed by atoms with Crippen LogP contribution in [0.25, 0.3) is 0 Å². The summed E-state index contributed by atoms with van der Waals surface area (Å²) in [6.45, 7) is 5.47. The molecule has 0 amide bonds. The molecule has 1 aromatic heterocycles. The van der Waals surface area contributed by atoms with E-state index in [0.717, 1.165) is 25.6 Å². The third-order valence-corrected chi connectivity index (χ3v) is 5.09. The molecule has 1 aromatic carbocycles. The molecule has 1 aliphatic heterocycles. The minimum absolute atomic E-state index is 0. The van der Waals surface area contributed by atoms with Gasteiger partial charge in [0.2, 0.25) is 0 Å². The molecule has 1 saturated heterocycles. The lowest BCUT2D eigenvalue weighted by Crippen LogP contribution is -2.36.